The van der Waals surface area contributed by atoms with Gasteiger partial charge in [0.1, 0.15) is 5.82 Å². The zero-order valence-electron chi connectivity index (χ0n) is 18.2. The molecular weight excluding hydrogens is 420 g/mol. The normalized spacial score (nSPS) is 10.4. The molecule has 0 aliphatic carbocycles. The van der Waals surface area contributed by atoms with E-state index in [9.17, 15) is 14.7 Å². The number of aliphatic hydroxyl groups excluding tert-OH is 1. The molecule has 176 valence electrons. The van der Waals surface area contributed by atoms with Gasteiger partial charge in [0, 0.05) is 39.8 Å². The predicted molar refractivity (Wildman–Crippen MR) is 119 cm³/mol. The Morgan fingerprint density at radius 3 is 2.16 bits per heavy atom. The lowest BCUT2D eigenvalue weighted by Gasteiger charge is -2.22. The Morgan fingerprint density at radius 2 is 1.59 bits per heavy atom. The topological polar surface area (TPSA) is 154 Å². The summed E-state index contributed by atoms with van der Waals surface area (Å²) in [7, 11) is 3.10. The fourth-order valence-electron chi connectivity index (χ4n) is 2.87. The molecule has 0 spiro atoms. The van der Waals surface area contributed by atoms with E-state index < -0.39 is 11.9 Å². The van der Waals surface area contributed by atoms with Crippen molar-refractivity contribution in [1.29, 1.82) is 0 Å². The average molecular weight is 450 g/mol. The number of hydrogen-bond acceptors (Lipinski definition) is 7. The first-order valence-electron chi connectivity index (χ1n) is 10.0. The summed E-state index contributed by atoms with van der Waals surface area (Å²) in [6.45, 7) is 2.90. The third-order valence-electron chi connectivity index (χ3n) is 4.64. The highest BCUT2D eigenvalue weighted by atomic mass is 16.4. The lowest BCUT2D eigenvalue weighted by atomic mass is 10.1. The minimum absolute atomic E-state index is 0.107. The van der Waals surface area contributed by atoms with E-state index in [1.807, 2.05) is 18.2 Å². The van der Waals surface area contributed by atoms with Gasteiger partial charge < -0.3 is 20.6 Å². The second-order valence-corrected chi connectivity index (χ2v) is 6.96. The smallest absolute Gasteiger partial charge is 0.414 e. The molecule has 0 saturated carbocycles. The van der Waals surface area contributed by atoms with Gasteiger partial charge in [0.2, 0.25) is 0 Å². The van der Waals surface area contributed by atoms with Crippen molar-refractivity contribution in [1.82, 2.24) is 14.0 Å². The summed E-state index contributed by atoms with van der Waals surface area (Å²) < 4.78 is 2.50. The van der Waals surface area contributed by atoms with E-state index in [4.69, 9.17) is 19.8 Å². The van der Waals surface area contributed by atoms with Crippen LogP contribution in [-0.2, 0) is 30.1 Å². The first-order chi connectivity index (χ1) is 15.2. The SMILES string of the molecule is Cn1c(NCCN(CCO)CCCc2ccccc2)cc(=O)n(C)c1=O.O=C(O)C(=O)O. The second-order valence-electron chi connectivity index (χ2n) is 6.96. The van der Waals surface area contributed by atoms with Crippen molar-refractivity contribution < 1.29 is 24.9 Å². The maximum absolute atomic E-state index is 11.9. The van der Waals surface area contributed by atoms with E-state index in [1.54, 1.807) is 7.05 Å². The lowest BCUT2D eigenvalue weighted by molar-refractivity contribution is -0.159. The van der Waals surface area contributed by atoms with Gasteiger partial charge in [-0.2, -0.15) is 0 Å². The van der Waals surface area contributed by atoms with Crippen molar-refractivity contribution in [3.05, 3.63) is 62.8 Å². The monoisotopic (exact) mass is 450 g/mol. The van der Waals surface area contributed by atoms with Crippen molar-refractivity contribution >= 4 is 17.8 Å². The Bertz CT molecular complexity index is 974. The van der Waals surface area contributed by atoms with Gasteiger partial charge in [-0.05, 0) is 24.9 Å². The summed E-state index contributed by atoms with van der Waals surface area (Å²) >= 11 is 0. The molecule has 1 heterocycles. The number of aromatic nitrogens is 2. The van der Waals surface area contributed by atoms with Crippen LogP contribution in [0.2, 0.25) is 0 Å². The molecule has 32 heavy (non-hydrogen) atoms. The minimum Gasteiger partial charge on any atom is -0.473 e. The Hall–Kier alpha value is -3.44. The Kier molecular flexibility index (Phi) is 11.5. The number of carboxylic acids is 2. The van der Waals surface area contributed by atoms with E-state index in [0.717, 1.165) is 30.5 Å². The molecule has 0 fully saturated rings. The van der Waals surface area contributed by atoms with Gasteiger partial charge in [-0.15, -0.1) is 0 Å². The summed E-state index contributed by atoms with van der Waals surface area (Å²) in [4.78, 5) is 44.1. The molecule has 0 atom stereocenters. The third kappa shape index (κ3) is 9.14. The van der Waals surface area contributed by atoms with Crippen LogP contribution in [0.3, 0.4) is 0 Å². The highest BCUT2D eigenvalue weighted by Gasteiger charge is 2.08. The molecule has 2 rings (SSSR count). The van der Waals surface area contributed by atoms with E-state index >= 15 is 0 Å². The van der Waals surface area contributed by atoms with Gasteiger partial charge in [0.15, 0.2) is 0 Å². The fraction of sp³-hybridized carbons (Fsp3) is 0.429. The molecule has 11 nitrogen and oxygen atoms in total. The summed E-state index contributed by atoms with van der Waals surface area (Å²) in [6, 6.07) is 11.8. The largest absolute Gasteiger partial charge is 0.473 e. The number of hydrogen-bond donors (Lipinski definition) is 4. The van der Waals surface area contributed by atoms with Crippen LogP contribution in [0.1, 0.15) is 12.0 Å². The van der Waals surface area contributed by atoms with E-state index in [2.05, 4.69) is 22.3 Å². The first kappa shape index (κ1) is 26.6. The van der Waals surface area contributed by atoms with Crippen molar-refractivity contribution in [2.75, 3.05) is 38.1 Å². The summed E-state index contributed by atoms with van der Waals surface area (Å²) in [5.41, 5.74) is 0.630. The molecule has 2 aromatic rings. The maximum Gasteiger partial charge on any atom is 0.414 e. The number of rotatable bonds is 10. The van der Waals surface area contributed by atoms with Crippen LogP contribution in [-0.4, -0.2) is 74.1 Å². The summed E-state index contributed by atoms with van der Waals surface area (Å²) in [5, 5.41) is 27.2. The van der Waals surface area contributed by atoms with E-state index in [-0.39, 0.29) is 17.9 Å². The van der Waals surface area contributed by atoms with Crippen LogP contribution in [0.4, 0.5) is 5.82 Å². The molecular formula is C21H30N4O7. The molecule has 1 aromatic carbocycles. The molecule has 0 amide bonds. The van der Waals surface area contributed by atoms with Crippen molar-refractivity contribution in [2.24, 2.45) is 14.1 Å². The quantitative estimate of drug-likeness (QED) is 0.353. The van der Waals surface area contributed by atoms with Gasteiger partial charge in [-0.1, -0.05) is 30.3 Å². The highest BCUT2D eigenvalue weighted by molar-refractivity contribution is 6.27. The highest BCUT2D eigenvalue weighted by Crippen LogP contribution is 2.04. The molecule has 1 aromatic heterocycles. The number of aliphatic carboxylic acids is 2. The molecule has 0 bridgehead atoms. The predicted octanol–water partition coefficient (Wildman–Crippen LogP) is -0.421. The number of aryl methyl sites for hydroxylation is 1. The molecule has 0 saturated heterocycles. The average Bonchev–Trinajstić information content (AvgIpc) is 2.77. The molecule has 0 aliphatic heterocycles. The summed E-state index contributed by atoms with van der Waals surface area (Å²) in [6.07, 6.45) is 2.01. The number of nitrogens with zero attached hydrogens (tertiary/aromatic N) is 3. The van der Waals surface area contributed by atoms with Crippen molar-refractivity contribution in [2.45, 2.75) is 12.8 Å². The number of nitrogens with one attached hydrogen (secondary N) is 1. The molecule has 0 aliphatic rings. The van der Waals surface area contributed by atoms with E-state index in [0.29, 0.717) is 18.9 Å². The maximum atomic E-state index is 11.9. The van der Waals surface area contributed by atoms with Crippen LogP contribution in [0.15, 0.2) is 46.0 Å². The van der Waals surface area contributed by atoms with Crippen LogP contribution in [0.5, 0.6) is 0 Å². The second kappa shape index (κ2) is 13.8. The minimum atomic E-state index is -1.82. The number of carbonyl (C=O) groups is 2. The molecule has 4 N–H and O–H groups in total. The van der Waals surface area contributed by atoms with Gasteiger partial charge in [-0.3, -0.25) is 18.8 Å². The van der Waals surface area contributed by atoms with Crippen LogP contribution in [0.25, 0.3) is 0 Å². The standard InChI is InChI=1S/C19H28N4O3.C2H2O4/c1-21-17(15-18(25)22(2)19(21)26)20-10-12-23(13-14-24)11-6-9-16-7-4-3-5-8-16;3-1(4)2(5)6/h3-5,7-8,15,20,24H,6,9-14H2,1-2H3;(H,3,4)(H,5,6). The van der Waals surface area contributed by atoms with Gasteiger partial charge in [0.05, 0.1) is 6.61 Å². The zero-order chi connectivity index (χ0) is 24.1. The third-order valence-corrected chi connectivity index (χ3v) is 4.64. The molecule has 0 unspecified atom stereocenters. The first-order valence-corrected chi connectivity index (χ1v) is 10.0. The van der Waals surface area contributed by atoms with Crippen LogP contribution < -0.4 is 16.6 Å². The van der Waals surface area contributed by atoms with Gasteiger partial charge in [0.25, 0.3) is 5.56 Å². The van der Waals surface area contributed by atoms with Crippen molar-refractivity contribution in [3.63, 3.8) is 0 Å². The van der Waals surface area contributed by atoms with Gasteiger partial charge in [-0.25, -0.2) is 14.4 Å². The summed E-state index contributed by atoms with van der Waals surface area (Å²) in [5.74, 6) is -3.14. The number of benzene rings is 1. The van der Waals surface area contributed by atoms with Crippen LogP contribution in [0, 0.1) is 0 Å². The van der Waals surface area contributed by atoms with Gasteiger partial charge >= 0.3 is 17.6 Å². The number of carboxylic acid groups (broad SMARTS) is 2. The Morgan fingerprint density at radius 1 is 0.969 bits per heavy atom. The number of anilines is 1. The van der Waals surface area contributed by atoms with Crippen LogP contribution >= 0.6 is 0 Å². The Labute approximate surface area is 185 Å². The lowest BCUT2D eigenvalue weighted by Crippen LogP contribution is -2.38. The number of aliphatic hydroxyl groups is 1. The van der Waals surface area contributed by atoms with Crippen molar-refractivity contribution in [3.8, 4) is 0 Å². The zero-order valence-corrected chi connectivity index (χ0v) is 18.2. The van der Waals surface area contributed by atoms with E-state index in [1.165, 1.54) is 23.2 Å². The molecule has 11 heteroatoms. The molecule has 0 radical (unpaired) electrons. The Balaban J connectivity index is 0.000000751. The fourth-order valence-corrected chi connectivity index (χ4v) is 2.87.